The molecular formula is C23H27N5. The number of piperazine rings is 1. The first kappa shape index (κ1) is 17.4. The van der Waals surface area contributed by atoms with Gasteiger partial charge in [0.1, 0.15) is 0 Å². The zero-order chi connectivity index (χ0) is 18.9. The van der Waals surface area contributed by atoms with E-state index in [4.69, 9.17) is 0 Å². The predicted octanol–water partition coefficient (Wildman–Crippen LogP) is 4.10. The fraction of sp³-hybridized carbons (Fsp3) is 0.391. The molecule has 0 spiro atoms. The lowest BCUT2D eigenvalue weighted by Crippen LogP contribution is -2.49. The van der Waals surface area contributed by atoms with Crippen molar-refractivity contribution in [2.45, 2.75) is 31.7 Å². The molecule has 0 unspecified atom stereocenters. The topological polar surface area (TPSA) is 36.7 Å². The molecule has 2 aliphatic rings. The lowest BCUT2D eigenvalue weighted by Gasteiger charge is -2.39. The summed E-state index contributed by atoms with van der Waals surface area (Å²) in [6, 6.07) is 13.6. The second kappa shape index (κ2) is 7.40. The summed E-state index contributed by atoms with van der Waals surface area (Å²) in [7, 11) is 0. The summed E-state index contributed by atoms with van der Waals surface area (Å²) in [5.74, 6) is 0. The van der Waals surface area contributed by atoms with Crippen LogP contribution in [-0.2, 0) is 0 Å². The van der Waals surface area contributed by atoms with Gasteiger partial charge in [0.25, 0.3) is 0 Å². The number of aromatic nitrogens is 3. The molecule has 1 aliphatic heterocycles. The van der Waals surface area contributed by atoms with E-state index in [1.807, 2.05) is 22.8 Å². The van der Waals surface area contributed by atoms with E-state index in [1.54, 1.807) is 6.08 Å². The third kappa shape index (κ3) is 3.20. The molecule has 0 N–H and O–H groups in total. The average molecular weight is 374 g/mol. The minimum absolute atomic E-state index is 0.840. The maximum Gasteiger partial charge on any atom is 0.154 e. The van der Waals surface area contributed by atoms with Gasteiger partial charge in [0.05, 0.1) is 17.6 Å². The predicted molar refractivity (Wildman–Crippen MR) is 115 cm³/mol. The lowest BCUT2D eigenvalue weighted by molar-refractivity contribution is 0.187. The quantitative estimate of drug-likeness (QED) is 0.690. The minimum Gasteiger partial charge on any atom is -0.369 e. The van der Waals surface area contributed by atoms with Crippen LogP contribution in [0.25, 0.3) is 23.0 Å². The van der Waals surface area contributed by atoms with E-state index in [2.05, 4.69) is 50.7 Å². The van der Waals surface area contributed by atoms with Crippen LogP contribution in [0.1, 0.15) is 31.4 Å². The van der Waals surface area contributed by atoms with Crippen molar-refractivity contribution >= 4 is 17.4 Å². The summed E-state index contributed by atoms with van der Waals surface area (Å²) in [6.45, 7) is 8.43. The first-order chi connectivity index (χ1) is 13.8. The second-order valence-corrected chi connectivity index (χ2v) is 7.88. The van der Waals surface area contributed by atoms with Crippen molar-refractivity contribution < 1.29 is 0 Å². The molecule has 0 atom stereocenters. The third-order valence-corrected chi connectivity index (χ3v) is 6.28. The van der Waals surface area contributed by atoms with E-state index < -0.39 is 0 Å². The molecule has 2 aromatic heterocycles. The Kier molecular flexibility index (Phi) is 4.61. The molecule has 1 saturated carbocycles. The van der Waals surface area contributed by atoms with E-state index >= 15 is 0 Å². The molecule has 1 aliphatic carbocycles. The molecule has 0 radical (unpaired) electrons. The molecule has 3 aromatic rings. The van der Waals surface area contributed by atoms with Gasteiger partial charge in [-0.05, 0) is 43.2 Å². The first-order valence-corrected chi connectivity index (χ1v) is 10.4. The number of imidazole rings is 1. The summed E-state index contributed by atoms with van der Waals surface area (Å²) in [4.78, 5) is 9.70. The van der Waals surface area contributed by atoms with Crippen LogP contribution in [0.2, 0.25) is 0 Å². The van der Waals surface area contributed by atoms with Gasteiger partial charge in [-0.15, -0.1) is 0 Å². The van der Waals surface area contributed by atoms with Crippen LogP contribution in [0, 0.1) is 0 Å². The second-order valence-electron chi connectivity index (χ2n) is 7.88. The molecular weight excluding hydrogens is 346 g/mol. The number of hydrogen-bond acceptors (Lipinski definition) is 4. The van der Waals surface area contributed by atoms with Crippen LogP contribution in [0.5, 0.6) is 0 Å². The Morgan fingerprint density at radius 2 is 1.68 bits per heavy atom. The van der Waals surface area contributed by atoms with E-state index in [-0.39, 0.29) is 0 Å². The van der Waals surface area contributed by atoms with Crippen molar-refractivity contribution in [2.24, 2.45) is 0 Å². The van der Waals surface area contributed by atoms with E-state index in [0.717, 1.165) is 41.7 Å². The Morgan fingerprint density at radius 1 is 0.929 bits per heavy atom. The Morgan fingerprint density at radius 3 is 2.39 bits per heavy atom. The molecule has 3 heterocycles. The van der Waals surface area contributed by atoms with Crippen LogP contribution in [0.3, 0.4) is 0 Å². The number of hydrogen-bond donors (Lipinski definition) is 0. The standard InChI is InChI=1S/C23H27N5/c1-2-19-9-12-23-24-17-22(28(23)25-19)18-7-10-21(11-8-18)27-15-13-26(14-16-27)20-5-3-4-6-20/h2,7-12,17,20H,1,3-6,13-16H2. The van der Waals surface area contributed by atoms with Crippen LogP contribution >= 0.6 is 0 Å². The molecule has 0 amide bonds. The van der Waals surface area contributed by atoms with Crippen molar-refractivity contribution in [3.05, 3.63) is 54.9 Å². The zero-order valence-electron chi connectivity index (χ0n) is 16.3. The molecule has 2 fully saturated rings. The largest absolute Gasteiger partial charge is 0.369 e. The number of nitrogens with zero attached hydrogens (tertiary/aromatic N) is 5. The molecule has 5 nitrogen and oxygen atoms in total. The molecule has 5 rings (SSSR count). The average Bonchev–Trinajstić information content (AvgIpc) is 3.44. The lowest BCUT2D eigenvalue weighted by atomic mass is 10.1. The highest BCUT2D eigenvalue weighted by atomic mass is 15.3. The number of fused-ring (bicyclic) bond motifs is 1. The van der Waals surface area contributed by atoms with Gasteiger partial charge in [-0.2, -0.15) is 5.10 Å². The van der Waals surface area contributed by atoms with Crippen LogP contribution in [0.4, 0.5) is 5.69 Å². The normalized spacial score (nSPS) is 18.8. The number of rotatable bonds is 4. The van der Waals surface area contributed by atoms with Crippen LogP contribution in [-0.4, -0.2) is 51.7 Å². The van der Waals surface area contributed by atoms with Gasteiger partial charge in [0.15, 0.2) is 5.65 Å². The molecule has 1 saturated heterocycles. The zero-order valence-corrected chi connectivity index (χ0v) is 16.3. The van der Waals surface area contributed by atoms with Gasteiger partial charge < -0.3 is 4.90 Å². The molecule has 144 valence electrons. The monoisotopic (exact) mass is 373 g/mol. The van der Waals surface area contributed by atoms with E-state index in [9.17, 15) is 0 Å². The van der Waals surface area contributed by atoms with E-state index in [0.29, 0.717) is 0 Å². The van der Waals surface area contributed by atoms with E-state index in [1.165, 1.54) is 44.5 Å². The summed E-state index contributed by atoms with van der Waals surface area (Å²) >= 11 is 0. The maximum absolute atomic E-state index is 4.61. The highest BCUT2D eigenvalue weighted by Gasteiger charge is 2.26. The molecule has 28 heavy (non-hydrogen) atoms. The van der Waals surface area contributed by atoms with Crippen molar-refractivity contribution in [3.63, 3.8) is 0 Å². The highest BCUT2D eigenvalue weighted by molar-refractivity contribution is 5.66. The van der Waals surface area contributed by atoms with Crippen molar-refractivity contribution in [1.82, 2.24) is 19.5 Å². The molecule has 1 aromatic carbocycles. The fourth-order valence-corrected chi connectivity index (χ4v) is 4.65. The Labute approximate surface area is 166 Å². The van der Waals surface area contributed by atoms with Gasteiger partial charge in [0.2, 0.25) is 0 Å². The van der Waals surface area contributed by atoms with Gasteiger partial charge in [-0.25, -0.2) is 9.50 Å². The number of anilines is 1. The number of benzene rings is 1. The third-order valence-electron chi connectivity index (χ3n) is 6.28. The summed E-state index contributed by atoms with van der Waals surface area (Å²) < 4.78 is 1.90. The van der Waals surface area contributed by atoms with Gasteiger partial charge in [0, 0.05) is 43.5 Å². The van der Waals surface area contributed by atoms with Gasteiger partial charge >= 0.3 is 0 Å². The summed E-state index contributed by atoms with van der Waals surface area (Å²) in [6.07, 6.45) is 9.28. The summed E-state index contributed by atoms with van der Waals surface area (Å²) in [5, 5.41) is 4.61. The highest BCUT2D eigenvalue weighted by Crippen LogP contribution is 2.27. The van der Waals surface area contributed by atoms with Crippen molar-refractivity contribution in [1.29, 1.82) is 0 Å². The van der Waals surface area contributed by atoms with Gasteiger partial charge in [-0.1, -0.05) is 31.6 Å². The van der Waals surface area contributed by atoms with Crippen LogP contribution < -0.4 is 4.90 Å². The summed E-state index contributed by atoms with van der Waals surface area (Å²) in [5.41, 5.74) is 5.16. The maximum atomic E-state index is 4.61. The minimum atomic E-state index is 0.840. The Bertz CT molecular complexity index is 960. The smallest absolute Gasteiger partial charge is 0.154 e. The van der Waals surface area contributed by atoms with Crippen LogP contribution in [0.15, 0.2) is 49.2 Å². The first-order valence-electron chi connectivity index (χ1n) is 10.4. The Hall–Kier alpha value is -2.66. The van der Waals surface area contributed by atoms with Gasteiger partial charge in [-0.3, -0.25) is 4.90 Å². The molecule has 5 heteroatoms. The SMILES string of the molecule is C=Cc1ccc2ncc(-c3ccc(N4CCN(C5CCCC5)CC4)cc3)n2n1. The van der Waals surface area contributed by atoms with Crippen molar-refractivity contribution in [3.8, 4) is 11.3 Å². The fourth-order valence-electron chi connectivity index (χ4n) is 4.65. The van der Waals surface area contributed by atoms with Crippen molar-refractivity contribution in [2.75, 3.05) is 31.1 Å². The Balaban J connectivity index is 1.32. The molecule has 0 bridgehead atoms.